The number of rotatable bonds is 7. The number of benzene rings is 1. The van der Waals surface area contributed by atoms with Crippen molar-refractivity contribution in [3.63, 3.8) is 0 Å². The Hall–Kier alpha value is -1.02. The quantitative estimate of drug-likeness (QED) is 0.328. The Morgan fingerprint density at radius 1 is 1.33 bits per heavy atom. The fourth-order valence-electron chi connectivity index (χ4n) is 2.11. The lowest BCUT2D eigenvalue weighted by atomic mass is 10.2. The zero-order chi connectivity index (χ0) is 16.7. The number of anilines is 1. The number of amides is 1. The van der Waals surface area contributed by atoms with Gasteiger partial charge in [0.05, 0.1) is 0 Å². The summed E-state index contributed by atoms with van der Waals surface area (Å²) in [5.41, 5.74) is 1.65. The Morgan fingerprint density at radius 3 is 2.75 bits per heavy atom. The Balaban J connectivity index is 0.00000288. The van der Waals surface area contributed by atoms with E-state index in [2.05, 4.69) is 20.9 Å². The van der Waals surface area contributed by atoms with E-state index >= 15 is 0 Å². The van der Waals surface area contributed by atoms with E-state index in [0.29, 0.717) is 18.0 Å². The summed E-state index contributed by atoms with van der Waals surface area (Å²) in [5.74, 6) is 1.49. The van der Waals surface area contributed by atoms with Crippen molar-refractivity contribution >= 4 is 53.1 Å². The van der Waals surface area contributed by atoms with E-state index in [9.17, 15) is 4.79 Å². The maximum Gasteiger partial charge on any atom is 0.226 e. The van der Waals surface area contributed by atoms with Crippen LogP contribution >= 0.6 is 35.6 Å². The molecular weight excluding hydrogens is 439 g/mol. The fourth-order valence-corrected chi connectivity index (χ4v) is 2.29. The van der Waals surface area contributed by atoms with Gasteiger partial charge in [-0.25, -0.2) is 0 Å². The molecule has 1 fully saturated rings. The largest absolute Gasteiger partial charge is 0.357 e. The molecule has 0 atom stereocenters. The number of nitrogens with zero attached hydrogens (tertiary/aromatic N) is 1. The Bertz CT molecular complexity index is 576. The van der Waals surface area contributed by atoms with Gasteiger partial charge in [0.25, 0.3) is 0 Å². The van der Waals surface area contributed by atoms with E-state index in [0.717, 1.165) is 36.2 Å². The third kappa shape index (κ3) is 7.25. The monoisotopic (exact) mass is 464 g/mol. The predicted molar refractivity (Wildman–Crippen MR) is 112 cm³/mol. The number of hydrogen-bond acceptors (Lipinski definition) is 2. The Labute approximate surface area is 166 Å². The van der Waals surface area contributed by atoms with Gasteiger partial charge in [0.1, 0.15) is 0 Å². The summed E-state index contributed by atoms with van der Waals surface area (Å²) in [4.78, 5) is 16.6. The highest BCUT2D eigenvalue weighted by atomic mass is 127. The lowest BCUT2D eigenvalue weighted by Crippen LogP contribution is -2.38. The first-order valence-corrected chi connectivity index (χ1v) is 8.55. The molecule has 1 amide bonds. The summed E-state index contributed by atoms with van der Waals surface area (Å²) in [6, 6.07) is 5.50. The molecule has 1 aliphatic rings. The molecule has 0 spiro atoms. The zero-order valence-corrected chi connectivity index (χ0v) is 17.3. The topological polar surface area (TPSA) is 65.5 Å². The molecule has 1 aromatic carbocycles. The summed E-state index contributed by atoms with van der Waals surface area (Å²) in [5, 5.41) is 9.94. The molecule has 134 valence electrons. The van der Waals surface area contributed by atoms with Crippen LogP contribution in [0, 0.1) is 12.8 Å². The molecule has 0 aromatic heterocycles. The van der Waals surface area contributed by atoms with Gasteiger partial charge in [0.2, 0.25) is 5.91 Å². The molecule has 0 unspecified atom stereocenters. The van der Waals surface area contributed by atoms with E-state index < -0.39 is 0 Å². The molecule has 3 N–H and O–H groups in total. The van der Waals surface area contributed by atoms with Gasteiger partial charge in [-0.05, 0) is 50.3 Å². The number of carbonyl (C=O) groups excluding carboxylic acids is 1. The average molecular weight is 465 g/mol. The SMILES string of the molecule is CCNC(=NCC1CC1)NCCC(=O)Nc1cccc(Cl)c1C.I. The minimum Gasteiger partial charge on any atom is -0.357 e. The van der Waals surface area contributed by atoms with E-state index in [-0.39, 0.29) is 29.9 Å². The number of aliphatic imine (C=N–C) groups is 1. The van der Waals surface area contributed by atoms with Gasteiger partial charge in [-0.15, -0.1) is 24.0 Å². The first-order chi connectivity index (χ1) is 11.1. The van der Waals surface area contributed by atoms with Crippen LogP contribution in [0.25, 0.3) is 0 Å². The van der Waals surface area contributed by atoms with Crippen molar-refractivity contribution in [2.45, 2.75) is 33.1 Å². The highest BCUT2D eigenvalue weighted by Gasteiger charge is 2.20. The van der Waals surface area contributed by atoms with Crippen molar-refractivity contribution in [3.05, 3.63) is 28.8 Å². The van der Waals surface area contributed by atoms with Crippen molar-refractivity contribution in [2.75, 3.05) is 25.0 Å². The summed E-state index contributed by atoms with van der Waals surface area (Å²) in [6.07, 6.45) is 2.94. The average Bonchev–Trinajstić information content (AvgIpc) is 3.34. The highest BCUT2D eigenvalue weighted by molar-refractivity contribution is 14.0. The molecular formula is C17H26ClIN4O. The van der Waals surface area contributed by atoms with Crippen molar-refractivity contribution < 1.29 is 4.79 Å². The van der Waals surface area contributed by atoms with E-state index in [1.807, 2.05) is 32.0 Å². The van der Waals surface area contributed by atoms with Gasteiger partial charge in [0.15, 0.2) is 5.96 Å². The van der Waals surface area contributed by atoms with E-state index in [1.165, 1.54) is 12.8 Å². The van der Waals surface area contributed by atoms with Crippen LogP contribution in [0.5, 0.6) is 0 Å². The van der Waals surface area contributed by atoms with Crippen LogP contribution in [0.2, 0.25) is 5.02 Å². The summed E-state index contributed by atoms with van der Waals surface area (Å²) < 4.78 is 0. The van der Waals surface area contributed by atoms with Crippen LogP contribution in [0.1, 0.15) is 31.7 Å². The standard InChI is InChI=1S/C17H25ClN4O.HI/c1-3-19-17(21-11-13-7-8-13)20-10-9-16(23)22-15-6-4-5-14(18)12(15)2;/h4-6,13H,3,7-11H2,1-2H3,(H,22,23)(H2,19,20,21);1H. The molecule has 2 rings (SSSR count). The van der Waals surface area contributed by atoms with Gasteiger partial charge >= 0.3 is 0 Å². The highest BCUT2D eigenvalue weighted by Crippen LogP contribution is 2.28. The van der Waals surface area contributed by atoms with Crippen LogP contribution in [0.4, 0.5) is 5.69 Å². The predicted octanol–water partition coefficient (Wildman–Crippen LogP) is 3.56. The van der Waals surface area contributed by atoms with Crippen LogP contribution < -0.4 is 16.0 Å². The molecule has 0 bridgehead atoms. The lowest BCUT2D eigenvalue weighted by Gasteiger charge is -2.12. The molecule has 0 heterocycles. The van der Waals surface area contributed by atoms with Gasteiger partial charge < -0.3 is 16.0 Å². The molecule has 24 heavy (non-hydrogen) atoms. The second-order valence-corrected chi connectivity index (χ2v) is 6.21. The Morgan fingerprint density at radius 2 is 2.08 bits per heavy atom. The minimum atomic E-state index is -0.0408. The number of guanidine groups is 1. The van der Waals surface area contributed by atoms with Gasteiger partial charge in [-0.1, -0.05) is 17.7 Å². The molecule has 0 radical (unpaired) electrons. The smallest absolute Gasteiger partial charge is 0.226 e. The summed E-state index contributed by atoms with van der Waals surface area (Å²) in [6.45, 7) is 6.14. The third-order valence-electron chi connectivity index (χ3n) is 3.74. The number of carbonyl (C=O) groups is 1. The van der Waals surface area contributed by atoms with Crippen molar-refractivity contribution in [1.82, 2.24) is 10.6 Å². The molecule has 0 aliphatic heterocycles. The van der Waals surface area contributed by atoms with Crippen molar-refractivity contribution in [2.24, 2.45) is 10.9 Å². The second kappa shape index (κ2) is 10.8. The van der Waals surface area contributed by atoms with Gasteiger partial charge in [0, 0.05) is 36.8 Å². The molecule has 0 saturated heterocycles. The van der Waals surface area contributed by atoms with Crippen LogP contribution in [0.15, 0.2) is 23.2 Å². The van der Waals surface area contributed by atoms with Gasteiger partial charge in [-0.3, -0.25) is 9.79 Å². The van der Waals surface area contributed by atoms with Crippen LogP contribution in [-0.2, 0) is 4.79 Å². The fraction of sp³-hybridized carbons (Fsp3) is 0.529. The number of hydrogen-bond donors (Lipinski definition) is 3. The molecule has 7 heteroatoms. The number of halogens is 2. The normalized spacial score (nSPS) is 13.9. The summed E-state index contributed by atoms with van der Waals surface area (Å²) >= 11 is 6.06. The molecule has 1 aromatic rings. The van der Waals surface area contributed by atoms with Crippen molar-refractivity contribution in [3.8, 4) is 0 Å². The van der Waals surface area contributed by atoms with Crippen LogP contribution in [0.3, 0.4) is 0 Å². The maximum absolute atomic E-state index is 12.0. The second-order valence-electron chi connectivity index (χ2n) is 5.80. The van der Waals surface area contributed by atoms with Gasteiger partial charge in [-0.2, -0.15) is 0 Å². The molecule has 5 nitrogen and oxygen atoms in total. The zero-order valence-electron chi connectivity index (χ0n) is 14.2. The first kappa shape index (κ1) is 21.0. The number of nitrogens with one attached hydrogen (secondary N) is 3. The lowest BCUT2D eigenvalue weighted by molar-refractivity contribution is -0.116. The van der Waals surface area contributed by atoms with Crippen LogP contribution in [-0.4, -0.2) is 31.5 Å². The van der Waals surface area contributed by atoms with E-state index in [4.69, 9.17) is 11.6 Å². The molecule has 1 aliphatic carbocycles. The Kier molecular flexibility index (Phi) is 9.43. The minimum absolute atomic E-state index is 0. The summed E-state index contributed by atoms with van der Waals surface area (Å²) in [7, 11) is 0. The first-order valence-electron chi connectivity index (χ1n) is 8.17. The molecule has 1 saturated carbocycles. The third-order valence-corrected chi connectivity index (χ3v) is 4.14. The van der Waals surface area contributed by atoms with Crippen molar-refractivity contribution in [1.29, 1.82) is 0 Å². The maximum atomic E-state index is 12.0. The van der Waals surface area contributed by atoms with E-state index in [1.54, 1.807) is 0 Å².